The van der Waals surface area contributed by atoms with Crippen LogP contribution < -0.4 is 15.4 Å². The Hall–Kier alpha value is -2.34. The molecule has 0 saturated carbocycles. The van der Waals surface area contributed by atoms with Crippen molar-refractivity contribution in [1.29, 1.82) is 0 Å². The minimum atomic E-state index is -0.224. The zero-order valence-corrected chi connectivity index (χ0v) is 13.9. The lowest BCUT2D eigenvalue weighted by Crippen LogP contribution is -2.25. The minimum Gasteiger partial charge on any atom is -0.495 e. The number of nitrogens with zero attached hydrogens (tertiary/aromatic N) is 2. The van der Waals surface area contributed by atoms with Crippen LogP contribution in [0.15, 0.2) is 30.3 Å². The minimum absolute atomic E-state index is 0.224. The molecule has 0 fully saturated rings. The van der Waals surface area contributed by atoms with Crippen molar-refractivity contribution in [3.8, 4) is 5.75 Å². The van der Waals surface area contributed by atoms with Gasteiger partial charge >= 0.3 is 0 Å². The van der Waals surface area contributed by atoms with Crippen molar-refractivity contribution >= 4 is 29.0 Å². The highest BCUT2D eigenvalue weighted by Gasteiger charge is 2.09. The molecule has 2 rings (SSSR count). The molecular formula is C16H19ClN4O2. The lowest BCUT2D eigenvalue weighted by molar-refractivity contribution is 0.0947. The van der Waals surface area contributed by atoms with E-state index in [-0.39, 0.29) is 11.6 Å². The van der Waals surface area contributed by atoms with E-state index in [4.69, 9.17) is 16.3 Å². The van der Waals surface area contributed by atoms with E-state index in [2.05, 4.69) is 27.8 Å². The van der Waals surface area contributed by atoms with Gasteiger partial charge < -0.3 is 15.4 Å². The zero-order valence-electron chi connectivity index (χ0n) is 13.1. The average Bonchev–Trinajstić information content (AvgIpc) is 2.56. The van der Waals surface area contributed by atoms with Crippen LogP contribution in [0, 0.1) is 0 Å². The first-order valence-electron chi connectivity index (χ1n) is 7.36. The van der Waals surface area contributed by atoms with Crippen LogP contribution in [0.25, 0.3) is 0 Å². The molecule has 2 N–H and O–H groups in total. The number of carbonyl (C=O) groups is 1. The van der Waals surface area contributed by atoms with E-state index < -0.39 is 0 Å². The summed E-state index contributed by atoms with van der Waals surface area (Å²) < 4.78 is 5.26. The SMILES string of the molecule is CCCCNC(=O)c1ccc(Nc2cc(Cl)ccc2OC)nn1. The summed E-state index contributed by atoms with van der Waals surface area (Å²) in [7, 11) is 1.57. The molecule has 1 aromatic carbocycles. The highest BCUT2D eigenvalue weighted by atomic mass is 35.5. The first-order valence-corrected chi connectivity index (χ1v) is 7.74. The Labute approximate surface area is 140 Å². The van der Waals surface area contributed by atoms with Crippen molar-refractivity contribution in [3.05, 3.63) is 41.0 Å². The van der Waals surface area contributed by atoms with Crippen molar-refractivity contribution in [2.24, 2.45) is 0 Å². The molecule has 1 heterocycles. The van der Waals surface area contributed by atoms with E-state index in [1.807, 2.05) is 0 Å². The Kier molecular flexibility index (Phi) is 6.17. The summed E-state index contributed by atoms with van der Waals surface area (Å²) in [6.07, 6.45) is 1.96. The van der Waals surface area contributed by atoms with Gasteiger partial charge in [0.05, 0.1) is 12.8 Å². The maximum absolute atomic E-state index is 11.9. The van der Waals surface area contributed by atoms with Crippen LogP contribution >= 0.6 is 11.6 Å². The van der Waals surface area contributed by atoms with Crippen LogP contribution in [0.5, 0.6) is 5.75 Å². The maximum Gasteiger partial charge on any atom is 0.271 e. The molecule has 0 atom stereocenters. The Bertz CT molecular complexity index is 662. The van der Waals surface area contributed by atoms with Crippen molar-refractivity contribution in [1.82, 2.24) is 15.5 Å². The topological polar surface area (TPSA) is 76.1 Å². The van der Waals surface area contributed by atoms with Gasteiger partial charge in [-0.05, 0) is 36.8 Å². The van der Waals surface area contributed by atoms with Crippen molar-refractivity contribution in [2.45, 2.75) is 19.8 Å². The Balaban J connectivity index is 2.05. The number of carbonyl (C=O) groups excluding carboxylic acids is 1. The van der Waals surface area contributed by atoms with Crippen molar-refractivity contribution in [3.63, 3.8) is 0 Å². The first kappa shape index (κ1) is 17.0. The van der Waals surface area contributed by atoms with Crippen LogP contribution in [-0.2, 0) is 0 Å². The summed E-state index contributed by atoms with van der Waals surface area (Å²) in [4.78, 5) is 11.9. The number of benzene rings is 1. The number of rotatable bonds is 7. The van der Waals surface area contributed by atoms with Crippen LogP contribution in [0.3, 0.4) is 0 Å². The quantitative estimate of drug-likeness (QED) is 0.759. The van der Waals surface area contributed by atoms with Crippen LogP contribution in [0.1, 0.15) is 30.3 Å². The van der Waals surface area contributed by atoms with Crippen molar-refractivity contribution in [2.75, 3.05) is 19.0 Å². The van der Waals surface area contributed by atoms with Gasteiger partial charge in [0, 0.05) is 11.6 Å². The molecule has 0 spiro atoms. The molecule has 23 heavy (non-hydrogen) atoms. The van der Waals surface area contributed by atoms with E-state index in [9.17, 15) is 4.79 Å². The number of hydrogen-bond acceptors (Lipinski definition) is 5. The van der Waals surface area contributed by atoms with Gasteiger partial charge in [-0.1, -0.05) is 24.9 Å². The van der Waals surface area contributed by atoms with Gasteiger partial charge in [0.1, 0.15) is 5.75 Å². The second-order valence-electron chi connectivity index (χ2n) is 4.88. The standard InChI is InChI=1S/C16H19ClN4O2/c1-3-4-9-18-16(22)12-6-8-15(21-20-12)19-13-10-11(17)5-7-14(13)23-2/h5-8,10H,3-4,9H2,1-2H3,(H,18,22)(H,19,21). The number of ether oxygens (including phenoxy) is 1. The molecule has 0 saturated heterocycles. The number of unbranched alkanes of at least 4 members (excludes halogenated alkanes) is 1. The van der Waals surface area contributed by atoms with Crippen molar-refractivity contribution < 1.29 is 9.53 Å². The molecule has 0 bridgehead atoms. The number of aromatic nitrogens is 2. The summed E-state index contributed by atoms with van der Waals surface area (Å²) in [6, 6.07) is 8.53. The normalized spacial score (nSPS) is 10.2. The largest absolute Gasteiger partial charge is 0.495 e. The lowest BCUT2D eigenvalue weighted by Gasteiger charge is -2.10. The predicted octanol–water partition coefficient (Wildman–Crippen LogP) is 3.41. The summed E-state index contributed by atoms with van der Waals surface area (Å²) in [6.45, 7) is 2.70. The average molecular weight is 335 g/mol. The molecule has 1 aromatic heterocycles. The molecule has 2 aromatic rings. The molecule has 0 aliphatic rings. The summed E-state index contributed by atoms with van der Waals surface area (Å²) in [5.41, 5.74) is 0.958. The summed E-state index contributed by atoms with van der Waals surface area (Å²) >= 11 is 5.98. The number of amides is 1. The third-order valence-electron chi connectivity index (χ3n) is 3.14. The second kappa shape index (κ2) is 8.33. The number of halogens is 1. The molecule has 0 radical (unpaired) electrons. The van der Waals surface area contributed by atoms with E-state index in [0.29, 0.717) is 28.8 Å². The van der Waals surface area contributed by atoms with Gasteiger partial charge in [-0.3, -0.25) is 4.79 Å². The highest BCUT2D eigenvalue weighted by molar-refractivity contribution is 6.31. The Morgan fingerprint density at radius 3 is 2.74 bits per heavy atom. The monoisotopic (exact) mass is 334 g/mol. The second-order valence-corrected chi connectivity index (χ2v) is 5.32. The fourth-order valence-corrected chi connectivity index (χ4v) is 2.08. The smallest absolute Gasteiger partial charge is 0.271 e. The van der Waals surface area contributed by atoms with Gasteiger partial charge in [0.25, 0.3) is 5.91 Å². The zero-order chi connectivity index (χ0) is 16.7. The van der Waals surface area contributed by atoms with Crippen LogP contribution in [0.2, 0.25) is 5.02 Å². The predicted molar refractivity (Wildman–Crippen MR) is 90.6 cm³/mol. The van der Waals surface area contributed by atoms with Gasteiger partial charge in [-0.15, -0.1) is 10.2 Å². The number of nitrogens with one attached hydrogen (secondary N) is 2. The van der Waals surface area contributed by atoms with Gasteiger partial charge in [-0.25, -0.2) is 0 Å². The lowest BCUT2D eigenvalue weighted by atomic mass is 10.3. The molecule has 0 aliphatic carbocycles. The molecule has 122 valence electrons. The van der Waals surface area contributed by atoms with Gasteiger partial charge in [0.2, 0.25) is 0 Å². The number of anilines is 2. The van der Waals surface area contributed by atoms with E-state index in [1.54, 1.807) is 37.4 Å². The van der Waals surface area contributed by atoms with Crippen LogP contribution in [-0.4, -0.2) is 29.8 Å². The van der Waals surface area contributed by atoms with Gasteiger partial charge in [0.15, 0.2) is 11.5 Å². The number of hydrogen-bond donors (Lipinski definition) is 2. The molecule has 0 unspecified atom stereocenters. The molecule has 7 heteroatoms. The van der Waals surface area contributed by atoms with Crippen LogP contribution in [0.4, 0.5) is 11.5 Å². The number of methoxy groups -OCH3 is 1. The Morgan fingerprint density at radius 2 is 2.09 bits per heavy atom. The first-order chi connectivity index (χ1) is 11.1. The van der Waals surface area contributed by atoms with E-state index in [1.165, 1.54) is 0 Å². The molecule has 6 nitrogen and oxygen atoms in total. The maximum atomic E-state index is 11.9. The van der Waals surface area contributed by atoms with E-state index >= 15 is 0 Å². The summed E-state index contributed by atoms with van der Waals surface area (Å²) in [5, 5.41) is 14.4. The third-order valence-corrected chi connectivity index (χ3v) is 3.37. The highest BCUT2D eigenvalue weighted by Crippen LogP contribution is 2.29. The summed E-state index contributed by atoms with van der Waals surface area (Å²) in [5.74, 6) is 0.908. The fourth-order valence-electron chi connectivity index (χ4n) is 1.91. The molecular weight excluding hydrogens is 316 g/mol. The Morgan fingerprint density at radius 1 is 1.26 bits per heavy atom. The van der Waals surface area contributed by atoms with E-state index in [0.717, 1.165) is 12.8 Å². The van der Waals surface area contributed by atoms with Gasteiger partial charge in [-0.2, -0.15) is 0 Å². The third kappa shape index (κ3) is 4.82. The fraction of sp³-hybridized carbons (Fsp3) is 0.312. The molecule has 1 amide bonds. The molecule has 0 aliphatic heterocycles.